The van der Waals surface area contributed by atoms with E-state index in [0.717, 1.165) is 77.0 Å². The Labute approximate surface area is 351 Å². The fourth-order valence-corrected chi connectivity index (χ4v) is 6.69. The summed E-state index contributed by atoms with van der Waals surface area (Å²) in [5.41, 5.74) is 0. The van der Waals surface area contributed by atoms with Crippen molar-refractivity contribution >= 4 is 19.8 Å². The first-order chi connectivity index (χ1) is 28.4. The van der Waals surface area contributed by atoms with Crippen LogP contribution in [0.15, 0.2) is 97.2 Å². The number of phosphoric ester groups is 1. The molecule has 13 nitrogen and oxygen atoms in total. The van der Waals surface area contributed by atoms with Crippen molar-refractivity contribution in [2.45, 2.75) is 159 Å². The Morgan fingerprint density at radius 3 is 1.39 bits per heavy atom. The third kappa shape index (κ3) is 27.3. The Morgan fingerprint density at radius 1 is 0.525 bits per heavy atom. The number of unbranched alkanes of at least 4 members (excludes halogenated alkanes) is 10. The summed E-state index contributed by atoms with van der Waals surface area (Å²) in [6.45, 7) is 2.95. The lowest BCUT2D eigenvalue weighted by Gasteiger charge is -2.41. The number of rotatable bonds is 32. The topological polar surface area (TPSA) is 210 Å². The highest BCUT2D eigenvalue weighted by atomic mass is 31.2. The summed E-state index contributed by atoms with van der Waals surface area (Å²) in [5.74, 6) is -1.17. The normalized spacial score (nSPS) is 23.3. The predicted octanol–water partition coefficient (Wildman–Crippen LogP) is 7.49. The Morgan fingerprint density at radius 2 is 0.915 bits per heavy atom. The summed E-state index contributed by atoms with van der Waals surface area (Å²) in [7, 11) is -5.13. The third-order valence-electron chi connectivity index (χ3n) is 9.11. The zero-order valence-corrected chi connectivity index (χ0v) is 35.9. The van der Waals surface area contributed by atoms with Crippen molar-refractivity contribution in [3.63, 3.8) is 0 Å². The molecule has 6 unspecified atom stereocenters. The summed E-state index contributed by atoms with van der Waals surface area (Å²) >= 11 is 0. The van der Waals surface area contributed by atoms with E-state index in [2.05, 4.69) is 38.2 Å². The molecular weight excluding hydrogens is 779 g/mol. The van der Waals surface area contributed by atoms with E-state index in [1.807, 2.05) is 72.9 Å². The van der Waals surface area contributed by atoms with E-state index in [1.54, 1.807) is 0 Å². The fourth-order valence-electron chi connectivity index (χ4n) is 5.72. The molecule has 1 fully saturated rings. The first-order valence-corrected chi connectivity index (χ1v) is 22.6. The lowest BCUT2D eigenvalue weighted by Crippen LogP contribution is -2.64. The quantitative estimate of drug-likeness (QED) is 0.0168. The average molecular weight is 851 g/mol. The van der Waals surface area contributed by atoms with Gasteiger partial charge in [0.1, 0.15) is 43.2 Å². The number of ether oxygens (including phenoxy) is 2. The monoisotopic (exact) mass is 850 g/mol. The fraction of sp³-hybridized carbons (Fsp3) is 0.600. The van der Waals surface area contributed by atoms with Gasteiger partial charge in [0.15, 0.2) is 6.10 Å². The van der Waals surface area contributed by atoms with Crippen molar-refractivity contribution in [1.29, 1.82) is 0 Å². The van der Waals surface area contributed by atoms with Crippen LogP contribution in [0.5, 0.6) is 0 Å². The molecule has 0 aromatic heterocycles. The lowest BCUT2D eigenvalue weighted by atomic mass is 9.85. The molecule has 0 aromatic rings. The van der Waals surface area contributed by atoms with Crippen LogP contribution < -0.4 is 0 Å². The maximum absolute atomic E-state index is 12.8. The molecule has 59 heavy (non-hydrogen) atoms. The lowest BCUT2D eigenvalue weighted by molar-refractivity contribution is -0.220. The third-order valence-corrected chi connectivity index (χ3v) is 10.1. The predicted molar refractivity (Wildman–Crippen MR) is 230 cm³/mol. The van der Waals surface area contributed by atoms with Gasteiger partial charge in [0, 0.05) is 12.8 Å². The van der Waals surface area contributed by atoms with Crippen LogP contribution in [0.3, 0.4) is 0 Å². The minimum Gasteiger partial charge on any atom is -0.462 e. The van der Waals surface area contributed by atoms with Crippen LogP contribution in [-0.2, 0) is 32.7 Å². The summed E-state index contributed by atoms with van der Waals surface area (Å²) in [6.07, 6.45) is 31.8. The molecule has 1 rings (SSSR count). The average Bonchev–Trinajstić information content (AvgIpc) is 3.21. The van der Waals surface area contributed by atoms with Crippen LogP contribution >= 0.6 is 7.82 Å². The molecule has 8 atom stereocenters. The number of hydrogen-bond donors (Lipinski definition) is 6. The van der Waals surface area contributed by atoms with E-state index < -0.39 is 75.7 Å². The summed E-state index contributed by atoms with van der Waals surface area (Å²) < 4.78 is 33.4. The highest BCUT2D eigenvalue weighted by molar-refractivity contribution is 7.47. The molecule has 14 heteroatoms. The summed E-state index contributed by atoms with van der Waals surface area (Å²) in [6, 6.07) is 0. The maximum Gasteiger partial charge on any atom is 0.472 e. The molecule has 1 aliphatic rings. The number of esters is 2. The van der Waals surface area contributed by atoms with Gasteiger partial charge in [-0.2, -0.15) is 0 Å². The van der Waals surface area contributed by atoms with E-state index in [0.29, 0.717) is 12.8 Å². The van der Waals surface area contributed by atoms with Gasteiger partial charge in [-0.15, -0.1) is 0 Å². The van der Waals surface area contributed by atoms with Crippen LogP contribution in [0.2, 0.25) is 0 Å². The second-order valence-corrected chi connectivity index (χ2v) is 15.7. The zero-order chi connectivity index (χ0) is 43.6. The van der Waals surface area contributed by atoms with Gasteiger partial charge in [0.25, 0.3) is 0 Å². The molecule has 6 N–H and O–H groups in total. The van der Waals surface area contributed by atoms with Crippen LogP contribution in [0.25, 0.3) is 0 Å². The van der Waals surface area contributed by atoms with E-state index in [-0.39, 0.29) is 12.8 Å². The van der Waals surface area contributed by atoms with Crippen molar-refractivity contribution in [3.05, 3.63) is 97.2 Å². The highest BCUT2D eigenvalue weighted by Gasteiger charge is 2.51. The first-order valence-electron chi connectivity index (χ1n) is 21.1. The second-order valence-electron chi connectivity index (χ2n) is 14.3. The number of carbonyl (C=O) groups is 2. The number of carbonyl (C=O) groups excluding carboxylic acids is 2. The van der Waals surface area contributed by atoms with Crippen LogP contribution in [0, 0.1) is 0 Å². The van der Waals surface area contributed by atoms with Crippen molar-refractivity contribution in [2.24, 2.45) is 0 Å². The Hall–Kier alpha value is -3.23. The molecule has 0 aromatic carbocycles. The largest absolute Gasteiger partial charge is 0.472 e. The Balaban J connectivity index is 2.55. The molecule has 0 heterocycles. The zero-order valence-electron chi connectivity index (χ0n) is 35.0. The maximum atomic E-state index is 12.8. The molecule has 0 saturated heterocycles. The molecular formula is C45H71O13P. The van der Waals surface area contributed by atoms with Crippen LogP contribution in [-0.4, -0.2) is 98.3 Å². The van der Waals surface area contributed by atoms with Crippen molar-refractivity contribution < 1.29 is 63.1 Å². The number of allylic oxidation sites excluding steroid dienone is 16. The van der Waals surface area contributed by atoms with Gasteiger partial charge in [0.2, 0.25) is 0 Å². The Kier molecular flexibility index (Phi) is 31.4. The summed E-state index contributed by atoms with van der Waals surface area (Å²) in [4.78, 5) is 35.6. The minimum absolute atomic E-state index is 0.0583. The molecule has 1 saturated carbocycles. The van der Waals surface area contributed by atoms with Gasteiger partial charge in [-0.3, -0.25) is 18.6 Å². The Bertz CT molecular complexity index is 1400. The number of hydrogen-bond acceptors (Lipinski definition) is 12. The van der Waals surface area contributed by atoms with Crippen LogP contribution in [0.4, 0.5) is 0 Å². The number of aliphatic hydroxyl groups excluding tert-OH is 5. The van der Waals surface area contributed by atoms with Crippen molar-refractivity contribution in [1.82, 2.24) is 0 Å². The molecule has 1 aliphatic carbocycles. The van der Waals surface area contributed by atoms with E-state index >= 15 is 0 Å². The van der Waals surface area contributed by atoms with E-state index in [1.165, 1.54) is 0 Å². The second kappa shape index (κ2) is 34.5. The minimum atomic E-state index is -5.13. The standard InChI is InChI=1S/C45H71O13P/c1-3-5-7-9-11-13-15-17-19-21-23-25-27-29-31-33-38(46)55-35-37(36-56-59(53,54)58-45-43(51)41(49)40(48)42(50)44(45)52)57-39(47)34-32-30-28-26-24-22-20-18-16-14-12-10-8-6-4-2/h5-20,37,40-45,48-52H,3-4,21-36H2,1-2H3,(H,53,54)/b7-5+,8-6+,11-9+,12-10+,15-13+,16-14+,19-17+,20-18+/t37-,40?,41-,42?,43?,44?,45?/m1/s1. The first kappa shape index (κ1) is 53.8. The smallest absolute Gasteiger partial charge is 0.462 e. The molecule has 0 amide bonds. The van der Waals surface area contributed by atoms with Crippen molar-refractivity contribution in [2.75, 3.05) is 13.2 Å². The number of phosphoric acid groups is 1. The van der Waals surface area contributed by atoms with Gasteiger partial charge < -0.3 is 39.9 Å². The summed E-state index contributed by atoms with van der Waals surface area (Å²) in [5, 5.41) is 50.1. The van der Waals surface area contributed by atoms with E-state index in [4.69, 9.17) is 18.5 Å². The van der Waals surface area contributed by atoms with Gasteiger partial charge in [-0.25, -0.2) is 4.57 Å². The molecule has 334 valence electrons. The molecule has 0 spiro atoms. The van der Waals surface area contributed by atoms with Gasteiger partial charge in [-0.1, -0.05) is 150 Å². The van der Waals surface area contributed by atoms with Crippen LogP contribution in [0.1, 0.15) is 117 Å². The molecule has 0 radical (unpaired) electrons. The number of aliphatic hydroxyl groups is 5. The molecule has 0 aliphatic heterocycles. The highest BCUT2D eigenvalue weighted by Crippen LogP contribution is 2.47. The van der Waals surface area contributed by atoms with E-state index in [9.17, 15) is 44.6 Å². The van der Waals surface area contributed by atoms with Gasteiger partial charge in [0.05, 0.1) is 6.61 Å². The van der Waals surface area contributed by atoms with Gasteiger partial charge >= 0.3 is 19.8 Å². The molecule has 0 bridgehead atoms. The SMILES string of the molecule is CC/C=C/C=C/C=C/C=C/CCCCCCCC(=O)OC[C@H](COP(=O)(O)OC1C(O)C(O)C(O)[C@@H](O)C1O)OC(=O)CCCCCCC/C=C/C=C/C=C/C=C/CC. The van der Waals surface area contributed by atoms with Gasteiger partial charge in [-0.05, 0) is 51.4 Å². The van der Waals surface area contributed by atoms with Crippen molar-refractivity contribution in [3.8, 4) is 0 Å².